The van der Waals surface area contributed by atoms with Gasteiger partial charge in [-0.1, -0.05) is 13.8 Å². The Labute approximate surface area is 126 Å². The van der Waals surface area contributed by atoms with E-state index in [4.69, 9.17) is 14.6 Å². The molecule has 1 rings (SSSR count). The molecule has 0 radical (unpaired) electrons. The maximum absolute atomic E-state index is 12.4. The topological polar surface area (TPSA) is 76.1 Å². The molecule has 0 spiro atoms. The molecule has 0 aromatic rings. The number of ether oxygens (including phenoxy) is 2. The lowest BCUT2D eigenvalue weighted by Crippen LogP contribution is -2.43. The number of likely N-dealkylation sites (tertiary alicyclic amines) is 1. The van der Waals surface area contributed by atoms with Crippen molar-refractivity contribution in [3.63, 3.8) is 0 Å². The maximum atomic E-state index is 12.4. The molecular weight excluding hydrogens is 274 g/mol. The predicted molar refractivity (Wildman–Crippen MR) is 78.0 cm³/mol. The number of amides is 1. The van der Waals surface area contributed by atoms with Crippen molar-refractivity contribution >= 4 is 11.9 Å². The summed E-state index contributed by atoms with van der Waals surface area (Å²) in [6.07, 6.45) is 0.769. The summed E-state index contributed by atoms with van der Waals surface area (Å²) in [7, 11) is 1.58. The molecule has 122 valence electrons. The van der Waals surface area contributed by atoms with E-state index in [0.717, 1.165) is 6.42 Å². The highest BCUT2D eigenvalue weighted by Crippen LogP contribution is 2.24. The van der Waals surface area contributed by atoms with Gasteiger partial charge in [-0.15, -0.1) is 0 Å². The van der Waals surface area contributed by atoms with E-state index in [9.17, 15) is 9.59 Å². The van der Waals surface area contributed by atoms with Crippen molar-refractivity contribution in [3.05, 3.63) is 0 Å². The van der Waals surface area contributed by atoms with Gasteiger partial charge in [0.25, 0.3) is 5.91 Å². The molecule has 0 aromatic carbocycles. The fraction of sp³-hybridized carbons (Fsp3) is 0.867. The minimum atomic E-state index is -0.900. The standard InChI is InChI=1S/C15H27NO5/c1-10(2)5-6-21-11(3)15(19)16-9-13(20-4)7-12(16)8-14(17)18/h10-13H,5-9H2,1-4H3,(H,17,18). The highest BCUT2D eigenvalue weighted by molar-refractivity contribution is 5.82. The molecule has 1 saturated heterocycles. The van der Waals surface area contributed by atoms with Crippen LogP contribution in [0, 0.1) is 5.92 Å². The number of carboxylic acid groups (broad SMARTS) is 1. The Bertz CT molecular complexity index is 358. The van der Waals surface area contributed by atoms with Crippen LogP contribution in [0.4, 0.5) is 0 Å². The number of carbonyl (C=O) groups is 2. The number of carbonyl (C=O) groups excluding carboxylic acids is 1. The number of hydrogen-bond donors (Lipinski definition) is 1. The monoisotopic (exact) mass is 301 g/mol. The average molecular weight is 301 g/mol. The van der Waals surface area contributed by atoms with Gasteiger partial charge in [0.05, 0.1) is 12.5 Å². The van der Waals surface area contributed by atoms with Crippen LogP contribution >= 0.6 is 0 Å². The van der Waals surface area contributed by atoms with E-state index >= 15 is 0 Å². The summed E-state index contributed by atoms with van der Waals surface area (Å²) >= 11 is 0. The second kappa shape index (κ2) is 8.34. The molecule has 1 N–H and O–H groups in total. The number of nitrogens with zero attached hydrogens (tertiary/aromatic N) is 1. The molecule has 3 unspecified atom stereocenters. The lowest BCUT2D eigenvalue weighted by Gasteiger charge is -2.26. The zero-order valence-electron chi connectivity index (χ0n) is 13.4. The van der Waals surface area contributed by atoms with Crippen LogP contribution in [0.5, 0.6) is 0 Å². The normalized spacial score (nSPS) is 23.6. The van der Waals surface area contributed by atoms with Crippen molar-refractivity contribution in [2.45, 2.75) is 58.3 Å². The van der Waals surface area contributed by atoms with Crippen molar-refractivity contribution in [3.8, 4) is 0 Å². The zero-order valence-corrected chi connectivity index (χ0v) is 13.4. The van der Waals surface area contributed by atoms with Crippen molar-refractivity contribution in [2.24, 2.45) is 5.92 Å². The van der Waals surface area contributed by atoms with E-state index in [1.54, 1.807) is 18.9 Å². The van der Waals surface area contributed by atoms with Gasteiger partial charge >= 0.3 is 5.97 Å². The van der Waals surface area contributed by atoms with Gasteiger partial charge < -0.3 is 19.5 Å². The quantitative estimate of drug-likeness (QED) is 0.736. The van der Waals surface area contributed by atoms with Crippen LogP contribution in [0.25, 0.3) is 0 Å². The molecule has 0 aliphatic carbocycles. The van der Waals surface area contributed by atoms with E-state index in [0.29, 0.717) is 25.5 Å². The van der Waals surface area contributed by atoms with E-state index in [-0.39, 0.29) is 24.5 Å². The first-order valence-corrected chi connectivity index (χ1v) is 7.51. The van der Waals surface area contributed by atoms with Crippen molar-refractivity contribution in [1.29, 1.82) is 0 Å². The van der Waals surface area contributed by atoms with Gasteiger partial charge in [0.1, 0.15) is 6.10 Å². The van der Waals surface area contributed by atoms with E-state index < -0.39 is 12.1 Å². The van der Waals surface area contributed by atoms with E-state index in [2.05, 4.69) is 13.8 Å². The fourth-order valence-electron chi connectivity index (χ4n) is 2.49. The molecule has 0 saturated carbocycles. The zero-order chi connectivity index (χ0) is 16.0. The van der Waals surface area contributed by atoms with Gasteiger partial charge in [-0.25, -0.2) is 0 Å². The van der Waals surface area contributed by atoms with Gasteiger partial charge in [0.2, 0.25) is 0 Å². The minimum Gasteiger partial charge on any atom is -0.481 e. The second-order valence-electron chi connectivity index (χ2n) is 6.03. The first kappa shape index (κ1) is 17.9. The summed E-state index contributed by atoms with van der Waals surface area (Å²) in [5.74, 6) is -0.524. The Morgan fingerprint density at radius 3 is 2.52 bits per heavy atom. The molecule has 3 atom stereocenters. The first-order chi connectivity index (χ1) is 9.85. The van der Waals surface area contributed by atoms with Crippen LogP contribution in [0.2, 0.25) is 0 Å². The van der Waals surface area contributed by atoms with Gasteiger partial charge in [0, 0.05) is 26.3 Å². The van der Waals surface area contributed by atoms with Crippen LogP contribution in [-0.4, -0.2) is 60.4 Å². The van der Waals surface area contributed by atoms with Crippen LogP contribution in [0.1, 0.15) is 40.0 Å². The number of hydrogen-bond acceptors (Lipinski definition) is 4. The Kier molecular flexibility index (Phi) is 7.11. The second-order valence-corrected chi connectivity index (χ2v) is 6.03. The fourth-order valence-corrected chi connectivity index (χ4v) is 2.49. The molecule has 6 nitrogen and oxygen atoms in total. The van der Waals surface area contributed by atoms with Crippen LogP contribution < -0.4 is 0 Å². The summed E-state index contributed by atoms with van der Waals surface area (Å²) in [6, 6.07) is -0.309. The average Bonchev–Trinajstić information content (AvgIpc) is 2.79. The molecule has 6 heteroatoms. The third kappa shape index (κ3) is 5.63. The third-order valence-electron chi connectivity index (χ3n) is 3.81. The number of carboxylic acids is 1. The van der Waals surface area contributed by atoms with Crippen LogP contribution in [0.15, 0.2) is 0 Å². The van der Waals surface area contributed by atoms with Crippen molar-refractivity contribution < 1.29 is 24.2 Å². The molecule has 1 heterocycles. The van der Waals surface area contributed by atoms with E-state index in [1.807, 2.05) is 0 Å². The minimum absolute atomic E-state index is 0.0513. The third-order valence-corrected chi connectivity index (χ3v) is 3.81. The summed E-state index contributed by atoms with van der Waals surface area (Å²) in [4.78, 5) is 25.0. The predicted octanol–water partition coefficient (Wildman–Crippen LogP) is 1.53. The number of rotatable bonds is 8. The largest absolute Gasteiger partial charge is 0.481 e. The summed E-state index contributed by atoms with van der Waals surface area (Å²) < 4.78 is 10.8. The van der Waals surface area contributed by atoms with Crippen molar-refractivity contribution in [1.82, 2.24) is 4.90 Å². The van der Waals surface area contributed by atoms with Gasteiger partial charge in [-0.3, -0.25) is 9.59 Å². The van der Waals surface area contributed by atoms with Gasteiger partial charge in [-0.2, -0.15) is 0 Å². The number of methoxy groups -OCH3 is 1. The molecule has 1 fully saturated rings. The molecule has 1 aliphatic heterocycles. The Morgan fingerprint density at radius 2 is 2.00 bits per heavy atom. The lowest BCUT2D eigenvalue weighted by molar-refractivity contribution is -0.146. The highest BCUT2D eigenvalue weighted by Gasteiger charge is 2.38. The Morgan fingerprint density at radius 1 is 1.33 bits per heavy atom. The van der Waals surface area contributed by atoms with Crippen LogP contribution in [-0.2, 0) is 19.1 Å². The molecule has 0 bridgehead atoms. The van der Waals surface area contributed by atoms with Gasteiger partial charge in [-0.05, 0) is 25.7 Å². The maximum Gasteiger partial charge on any atom is 0.305 e. The summed E-state index contributed by atoms with van der Waals surface area (Å²) in [5.41, 5.74) is 0. The Balaban J connectivity index is 2.57. The molecule has 0 aromatic heterocycles. The SMILES string of the molecule is COC1CC(CC(=O)O)N(C(=O)C(C)OCCC(C)C)C1. The van der Waals surface area contributed by atoms with E-state index in [1.165, 1.54) is 0 Å². The smallest absolute Gasteiger partial charge is 0.305 e. The lowest BCUT2D eigenvalue weighted by atomic mass is 10.1. The first-order valence-electron chi connectivity index (χ1n) is 7.51. The molecule has 21 heavy (non-hydrogen) atoms. The summed E-state index contributed by atoms with van der Waals surface area (Å²) in [6.45, 7) is 6.90. The molecule has 1 amide bonds. The number of aliphatic carboxylic acids is 1. The summed E-state index contributed by atoms with van der Waals surface area (Å²) in [5, 5.41) is 8.96. The van der Waals surface area contributed by atoms with Crippen molar-refractivity contribution in [2.75, 3.05) is 20.3 Å². The Hall–Kier alpha value is -1.14. The molecular formula is C15H27NO5. The van der Waals surface area contributed by atoms with Crippen LogP contribution in [0.3, 0.4) is 0 Å². The highest BCUT2D eigenvalue weighted by atomic mass is 16.5. The molecule has 1 aliphatic rings. The van der Waals surface area contributed by atoms with Gasteiger partial charge in [0.15, 0.2) is 0 Å².